The summed E-state index contributed by atoms with van der Waals surface area (Å²) in [5, 5.41) is 3.40. The molecule has 5 nitrogen and oxygen atoms in total. The summed E-state index contributed by atoms with van der Waals surface area (Å²) in [6.07, 6.45) is 3.15. The number of ether oxygens (including phenoxy) is 1. The van der Waals surface area contributed by atoms with Crippen molar-refractivity contribution in [1.29, 1.82) is 0 Å². The Labute approximate surface area is 161 Å². The molecule has 2 aliphatic rings. The number of guanidine groups is 1. The molecule has 144 valence electrons. The summed E-state index contributed by atoms with van der Waals surface area (Å²) in [5.74, 6) is 2.87. The van der Waals surface area contributed by atoms with E-state index in [1.165, 1.54) is 23.3 Å². The molecule has 1 atom stereocenters. The van der Waals surface area contributed by atoms with Crippen molar-refractivity contribution in [3.05, 3.63) is 29.3 Å². The van der Waals surface area contributed by atoms with Gasteiger partial charge >= 0.3 is 0 Å². The van der Waals surface area contributed by atoms with Crippen molar-refractivity contribution in [3.8, 4) is 0 Å². The van der Waals surface area contributed by atoms with Gasteiger partial charge in [-0.25, -0.2) is 0 Å². The van der Waals surface area contributed by atoms with E-state index in [0.717, 1.165) is 57.1 Å². The molecule has 1 unspecified atom stereocenters. The zero-order valence-corrected chi connectivity index (χ0v) is 16.9. The molecular formula is C20H32N4OS. The highest BCUT2D eigenvalue weighted by atomic mass is 32.2. The third-order valence-electron chi connectivity index (χ3n) is 5.56. The SMILES string of the molecule is CCc1cccc(CC)c1NC(N)=NCC1(N2CCOCC2)CCSC1. The first kappa shape index (κ1) is 19.5. The van der Waals surface area contributed by atoms with E-state index in [1.807, 2.05) is 11.8 Å². The Morgan fingerprint density at radius 3 is 2.54 bits per heavy atom. The van der Waals surface area contributed by atoms with E-state index in [-0.39, 0.29) is 5.54 Å². The second-order valence-corrected chi connectivity index (χ2v) is 8.22. The molecule has 2 aliphatic heterocycles. The van der Waals surface area contributed by atoms with Crippen LogP contribution in [-0.2, 0) is 17.6 Å². The first-order valence-corrected chi connectivity index (χ1v) is 10.9. The van der Waals surface area contributed by atoms with Gasteiger partial charge in [-0.2, -0.15) is 11.8 Å². The minimum atomic E-state index is 0.138. The van der Waals surface area contributed by atoms with E-state index in [2.05, 4.69) is 42.3 Å². The van der Waals surface area contributed by atoms with Crippen LogP contribution in [0.4, 0.5) is 5.69 Å². The van der Waals surface area contributed by atoms with Gasteiger partial charge in [-0.15, -0.1) is 0 Å². The fourth-order valence-corrected chi connectivity index (χ4v) is 5.38. The highest BCUT2D eigenvalue weighted by Crippen LogP contribution is 2.34. The quantitative estimate of drug-likeness (QED) is 0.590. The number of nitrogens with zero attached hydrogens (tertiary/aromatic N) is 2. The summed E-state index contributed by atoms with van der Waals surface area (Å²) in [6, 6.07) is 6.45. The molecule has 0 spiro atoms. The fourth-order valence-electron chi connectivity index (χ4n) is 3.91. The number of rotatable bonds is 6. The molecule has 2 heterocycles. The summed E-state index contributed by atoms with van der Waals surface area (Å²) < 4.78 is 5.54. The number of para-hydroxylation sites is 1. The minimum Gasteiger partial charge on any atom is -0.379 e. The lowest BCUT2D eigenvalue weighted by Crippen LogP contribution is -2.56. The Kier molecular flexibility index (Phi) is 6.84. The van der Waals surface area contributed by atoms with Gasteiger partial charge in [-0.05, 0) is 36.1 Å². The number of nitrogens with one attached hydrogen (secondary N) is 1. The van der Waals surface area contributed by atoms with E-state index in [4.69, 9.17) is 15.5 Å². The molecule has 1 aromatic carbocycles. The summed E-state index contributed by atoms with van der Waals surface area (Å²) in [6.45, 7) is 8.77. The summed E-state index contributed by atoms with van der Waals surface area (Å²) in [4.78, 5) is 7.36. The van der Waals surface area contributed by atoms with Crippen molar-refractivity contribution in [2.24, 2.45) is 10.7 Å². The van der Waals surface area contributed by atoms with Gasteiger partial charge in [-0.1, -0.05) is 32.0 Å². The Morgan fingerprint density at radius 2 is 1.96 bits per heavy atom. The molecule has 3 N–H and O–H groups in total. The maximum Gasteiger partial charge on any atom is 0.193 e. The van der Waals surface area contributed by atoms with Crippen LogP contribution in [0.1, 0.15) is 31.4 Å². The van der Waals surface area contributed by atoms with Crippen LogP contribution in [0.2, 0.25) is 0 Å². The van der Waals surface area contributed by atoms with E-state index >= 15 is 0 Å². The number of hydrogen-bond acceptors (Lipinski definition) is 4. The van der Waals surface area contributed by atoms with Crippen LogP contribution >= 0.6 is 11.8 Å². The number of morpholine rings is 1. The topological polar surface area (TPSA) is 62.9 Å². The van der Waals surface area contributed by atoms with Crippen LogP contribution in [0, 0.1) is 0 Å². The zero-order chi connectivity index (χ0) is 18.4. The standard InChI is InChI=1S/C20H32N4OS/c1-3-16-6-5-7-17(4-2)18(16)23-19(21)22-14-20(8-13-26-15-20)24-9-11-25-12-10-24/h5-7H,3-4,8-15H2,1-2H3,(H3,21,22,23). The lowest BCUT2D eigenvalue weighted by molar-refractivity contribution is -0.0104. The molecule has 2 fully saturated rings. The van der Waals surface area contributed by atoms with Gasteiger partial charge in [0.05, 0.1) is 25.3 Å². The molecule has 2 saturated heterocycles. The van der Waals surface area contributed by atoms with E-state index in [9.17, 15) is 0 Å². The number of thioether (sulfide) groups is 1. The first-order valence-electron chi connectivity index (χ1n) is 9.77. The van der Waals surface area contributed by atoms with Crippen molar-refractivity contribution in [2.45, 2.75) is 38.6 Å². The highest BCUT2D eigenvalue weighted by Gasteiger charge is 2.40. The Hall–Kier alpha value is -1.24. The van der Waals surface area contributed by atoms with Crippen LogP contribution < -0.4 is 11.1 Å². The third-order valence-corrected chi connectivity index (χ3v) is 6.79. The van der Waals surface area contributed by atoms with Crippen LogP contribution in [0.5, 0.6) is 0 Å². The van der Waals surface area contributed by atoms with Crippen molar-refractivity contribution < 1.29 is 4.74 Å². The van der Waals surface area contributed by atoms with Crippen molar-refractivity contribution in [3.63, 3.8) is 0 Å². The molecule has 26 heavy (non-hydrogen) atoms. The van der Waals surface area contributed by atoms with Crippen LogP contribution in [-0.4, -0.2) is 60.8 Å². The molecular weight excluding hydrogens is 344 g/mol. The Balaban J connectivity index is 1.73. The highest BCUT2D eigenvalue weighted by molar-refractivity contribution is 7.99. The lowest BCUT2D eigenvalue weighted by atomic mass is 9.96. The number of hydrogen-bond donors (Lipinski definition) is 2. The number of aryl methyl sites for hydroxylation is 2. The molecule has 1 aromatic rings. The monoisotopic (exact) mass is 376 g/mol. The summed E-state index contributed by atoms with van der Waals surface area (Å²) in [5.41, 5.74) is 10.2. The zero-order valence-electron chi connectivity index (χ0n) is 16.1. The first-order chi connectivity index (χ1) is 12.7. The van der Waals surface area contributed by atoms with E-state index in [0.29, 0.717) is 5.96 Å². The molecule has 3 rings (SSSR count). The molecule has 0 aliphatic carbocycles. The third kappa shape index (κ3) is 4.35. The largest absolute Gasteiger partial charge is 0.379 e. The van der Waals surface area contributed by atoms with Crippen LogP contribution in [0.15, 0.2) is 23.2 Å². The summed E-state index contributed by atoms with van der Waals surface area (Å²) >= 11 is 2.03. The average molecular weight is 377 g/mol. The van der Waals surface area contributed by atoms with Gasteiger partial charge in [0.15, 0.2) is 5.96 Å². The molecule has 0 amide bonds. The molecule has 6 heteroatoms. The second kappa shape index (κ2) is 9.11. The van der Waals surface area contributed by atoms with Gasteiger partial charge in [0.2, 0.25) is 0 Å². The predicted molar refractivity (Wildman–Crippen MR) is 112 cm³/mol. The van der Waals surface area contributed by atoms with Crippen molar-refractivity contribution in [1.82, 2.24) is 4.90 Å². The van der Waals surface area contributed by atoms with Gasteiger partial charge in [0, 0.05) is 24.5 Å². The van der Waals surface area contributed by atoms with Gasteiger partial charge in [0.25, 0.3) is 0 Å². The predicted octanol–water partition coefficient (Wildman–Crippen LogP) is 2.75. The Morgan fingerprint density at radius 1 is 1.27 bits per heavy atom. The molecule has 0 saturated carbocycles. The van der Waals surface area contributed by atoms with E-state index in [1.54, 1.807) is 0 Å². The Bertz CT molecular complexity index is 600. The van der Waals surface area contributed by atoms with Crippen LogP contribution in [0.3, 0.4) is 0 Å². The number of benzene rings is 1. The number of nitrogens with two attached hydrogens (primary N) is 1. The minimum absolute atomic E-state index is 0.138. The van der Waals surface area contributed by atoms with Crippen molar-refractivity contribution in [2.75, 3.05) is 49.7 Å². The smallest absolute Gasteiger partial charge is 0.193 e. The molecule has 0 aromatic heterocycles. The maximum absolute atomic E-state index is 6.31. The van der Waals surface area contributed by atoms with Gasteiger partial charge in [0.1, 0.15) is 0 Å². The van der Waals surface area contributed by atoms with Crippen molar-refractivity contribution >= 4 is 23.4 Å². The van der Waals surface area contributed by atoms with Crippen LogP contribution in [0.25, 0.3) is 0 Å². The van der Waals surface area contributed by atoms with E-state index < -0.39 is 0 Å². The normalized spacial score (nSPS) is 24.8. The maximum atomic E-state index is 6.31. The average Bonchev–Trinajstić information content (AvgIpc) is 3.17. The number of aliphatic imine (C=N–C) groups is 1. The number of anilines is 1. The molecule has 0 radical (unpaired) electrons. The molecule has 0 bridgehead atoms. The fraction of sp³-hybridized carbons (Fsp3) is 0.650. The lowest BCUT2D eigenvalue weighted by Gasteiger charge is -2.42. The second-order valence-electron chi connectivity index (χ2n) is 7.11. The van der Waals surface area contributed by atoms with Gasteiger partial charge < -0.3 is 15.8 Å². The van der Waals surface area contributed by atoms with Gasteiger partial charge in [-0.3, -0.25) is 9.89 Å². The summed E-state index contributed by atoms with van der Waals surface area (Å²) in [7, 11) is 0.